The van der Waals surface area contributed by atoms with Gasteiger partial charge in [0.1, 0.15) is 9.71 Å². The van der Waals surface area contributed by atoms with E-state index < -0.39 is 5.97 Å². The summed E-state index contributed by atoms with van der Waals surface area (Å²) in [6.45, 7) is 2.03. The van der Waals surface area contributed by atoms with Gasteiger partial charge >= 0.3 is 5.97 Å². The third-order valence-electron chi connectivity index (χ3n) is 4.66. The molecular formula is C23H17Cl2N3O3S. The van der Waals surface area contributed by atoms with Crippen molar-refractivity contribution in [2.75, 3.05) is 17.7 Å². The fourth-order valence-corrected chi connectivity index (χ4v) is 4.48. The van der Waals surface area contributed by atoms with E-state index in [-0.39, 0.29) is 5.91 Å². The van der Waals surface area contributed by atoms with Crippen molar-refractivity contribution in [3.8, 4) is 11.3 Å². The summed E-state index contributed by atoms with van der Waals surface area (Å²) in [5.41, 5.74) is 8.84. The van der Waals surface area contributed by atoms with Gasteiger partial charge in [0.05, 0.1) is 28.6 Å². The fourth-order valence-electron chi connectivity index (χ4n) is 3.10. The molecule has 0 bridgehead atoms. The number of rotatable bonds is 5. The Bertz CT molecular complexity index is 1340. The number of nitrogen functional groups attached to an aromatic ring is 1. The van der Waals surface area contributed by atoms with Crippen molar-refractivity contribution in [1.29, 1.82) is 0 Å². The molecule has 0 unspecified atom stereocenters. The first kappa shape index (κ1) is 22.1. The van der Waals surface area contributed by atoms with Crippen LogP contribution in [0.25, 0.3) is 21.5 Å². The van der Waals surface area contributed by atoms with Crippen molar-refractivity contribution >= 4 is 68.0 Å². The SMILES string of the molecule is CCOC(=O)c1ccc(NC(=O)c2sc3nc(-c4cc(Cl)ccc4Cl)ccc3c2N)cc1. The highest BCUT2D eigenvalue weighted by molar-refractivity contribution is 7.21. The van der Waals surface area contributed by atoms with Crippen molar-refractivity contribution in [3.63, 3.8) is 0 Å². The Balaban J connectivity index is 1.60. The number of anilines is 2. The zero-order valence-electron chi connectivity index (χ0n) is 16.8. The summed E-state index contributed by atoms with van der Waals surface area (Å²) in [7, 11) is 0. The van der Waals surface area contributed by atoms with Crippen molar-refractivity contribution in [2.24, 2.45) is 0 Å². The van der Waals surface area contributed by atoms with Crippen LogP contribution in [-0.2, 0) is 4.74 Å². The summed E-state index contributed by atoms with van der Waals surface area (Å²) in [4.78, 5) is 30.2. The van der Waals surface area contributed by atoms with Gasteiger partial charge in [-0.2, -0.15) is 0 Å². The lowest BCUT2D eigenvalue weighted by molar-refractivity contribution is 0.0526. The van der Waals surface area contributed by atoms with E-state index in [4.69, 9.17) is 33.7 Å². The number of fused-ring (bicyclic) bond motifs is 1. The zero-order valence-corrected chi connectivity index (χ0v) is 19.1. The maximum absolute atomic E-state index is 12.8. The van der Waals surface area contributed by atoms with Gasteiger partial charge in [0.2, 0.25) is 0 Å². The number of carbonyl (C=O) groups is 2. The molecule has 0 saturated heterocycles. The van der Waals surface area contributed by atoms with E-state index in [0.29, 0.717) is 59.9 Å². The topological polar surface area (TPSA) is 94.3 Å². The van der Waals surface area contributed by atoms with Crippen LogP contribution in [-0.4, -0.2) is 23.5 Å². The summed E-state index contributed by atoms with van der Waals surface area (Å²) in [5, 5.41) is 4.54. The highest BCUT2D eigenvalue weighted by Gasteiger charge is 2.19. The van der Waals surface area contributed by atoms with Crippen LogP contribution >= 0.6 is 34.5 Å². The van der Waals surface area contributed by atoms with Crippen LogP contribution in [0.3, 0.4) is 0 Å². The van der Waals surface area contributed by atoms with Crippen molar-refractivity contribution in [1.82, 2.24) is 4.98 Å². The zero-order chi connectivity index (χ0) is 22.8. The monoisotopic (exact) mass is 485 g/mol. The van der Waals surface area contributed by atoms with Gasteiger partial charge in [0, 0.05) is 21.7 Å². The molecule has 9 heteroatoms. The van der Waals surface area contributed by atoms with E-state index in [2.05, 4.69) is 10.3 Å². The number of nitrogens with two attached hydrogens (primary N) is 1. The number of hydrogen-bond donors (Lipinski definition) is 2. The Morgan fingerprint density at radius 3 is 2.56 bits per heavy atom. The molecule has 1 amide bonds. The summed E-state index contributed by atoms with van der Waals surface area (Å²) >= 11 is 13.6. The number of esters is 1. The second kappa shape index (κ2) is 9.16. The van der Waals surface area contributed by atoms with E-state index in [1.165, 1.54) is 11.3 Å². The first-order valence-corrected chi connectivity index (χ1v) is 11.2. The molecule has 6 nitrogen and oxygen atoms in total. The Kier molecular flexibility index (Phi) is 6.32. The van der Waals surface area contributed by atoms with Crippen LogP contribution in [0.4, 0.5) is 11.4 Å². The van der Waals surface area contributed by atoms with Crippen LogP contribution < -0.4 is 11.1 Å². The molecule has 0 fully saturated rings. The molecule has 0 atom stereocenters. The van der Waals surface area contributed by atoms with Gasteiger partial charge in [0.15, 0.2) is 0 Å². The van der Waals surface area contributed by atoms with Crippen LogP contribution in [0, 0.1) is 0 Å². The number of thiophene rings is 1. The van der Waals surface area contributed by atoms with E-state index in [0.717, 1.165) is 0 Å². The number of ether oxygens (including phenoxy) is 1. The number of hydrogen-bond acceptors (Lipinski definition) is 6. The van der Waals surface area contributed by atoms with Gasteiger partial charge in [-0.05, 0) is 61.5 Å². The van der Waals surface area contributed by atoms with Crippen LogP contribution in [0.15, 0.2) is 54.6 Å². The van der Waals surface area contributed by atoms with Gasteiger partial charge in [0.25, 0.3) is 5.91 Å². The lowest BCUT2D eigenvalue weighted by Crippen LogP contribution is -2.12. The number of nitrogens with zero attached hydrogens (tertiary/aromatic N) is 1. The van der Waals surface area contributed by atoms with E-state index in [1.807, 2.05) is 6.07 Å². The average Bonchev–Trinajstić information content (AvgIpc) is 3.12. The standard InChI is InChI=1S/C23H17Cl2N3O3S/c1-2-31-23(30)12-3-6-14(7-4-12)27-21(29)20-19(26)15-8-10-18(28-22(15)32-20)16-11-13(24)5-9-17(16)25/h3-11H,2,26H2,1H3,(H,27,29). The van der Waals surface area contributed by atoms with Gasteiger partial charge in [-0.25, -0.2) is 9.78 Å². The largest absolute Gasteiger partial charge is 0.462 e. The van der Waals surface area contributed by atoms with E-state index in [9.17, 15) is 9.59 Å². The number of nitrogens with one attached hydrogen (secondary N) is 1. The molecule has 0 spiro atoms. The molecule has 3 N–H and O–H groups in total. The molecule has 0 saturated carbocycles. The quantitative estimate of drug-likeness (QED) is 0.324. The molecular weight excluding hydrogens is 469 g/mol. The Hall–Kier alpha value is -3.13. The third-order valence-corrected chi connectivity index (χ3v) is 6.34. The number of benzene rings is 2. The van der Waals surface area contributed by atoms with Gasteiger partial charge in [-0.3, -0.25) is 4.79 Å². The van der Waals surface area contributed by atoms with Gasteiger partial charge in [-0.15, -0.1) is 11.3 Å². The number of aromatic nitrogens is 1. The molecule has 2 aromatic heterocycles. The molecule has 4 aromatic rings. The van der Waals surface area contributed by atoms with Gasteiger partial charge < -0.3 is 15.8 Å². The summed E-state index contributed by atoms with van der Waals surface area (Å²) in [6.07, 6.45) is 0. The van der Waals surface area contributed by atoms with Crippen molar-refractivity contribution in [2.45, 2.75) is 6.92 Å². The highest BCUT2D eigenvalue weighted by Crippen LogP contribution is 2.36. The molecule has 0 aliphatic carbocycles. The van der Waals surface area contributed by atoms with Crippen LogP contribution in [0.2, 0.25) is 10.0 Å². The van der Waals surface area contributed by atoms with Crippen molar-refractivity contribution < 1.29 is 14.3 Å². The molecule has 0 aliphatic heterocycles. The predicted octanol–water partition coefficient (Wildman–Crippen LogP) is 6.28. The normalized spacial score (nSPS) is 10.8. The first-order chi connectivity index (χ1) is 15.4. The number of pyridine rings is 1. The number of amides is 1. The molecule has 32 heavy (non-hydrogen) atoms. The third kappa shape index (κ3) is 4.41. The smallest absolute Gasteiger partial charge is 0.338 e. The molecule has 2 aromatic carbocycles. The fraction of sp³-hybridized carbons (Fsp3) is 0.0870. The van der Waals surface area contributed by atoms with Crippen LogP contribution in [0.1, 0.15) is 27.0 Å². The number of carbonyl (C=O) groups excluding carboxylic acids is 2. The Labute approximate surface area is 197 Å². The molecule has 2 heterocycles. The van der Waals surface area contributed by atoms with E-state index in [1.54, 1.807) is 55.5 Å². The van der Waals surface area contributed by atoms with Crippen LogP contribution in [0.5, 0.6) is 0 Å². The summed E-state index contributed by atoms with van der Waals surface area (Å²) in [5.74, 6) is -0.780. The average molecular weight is 486 g/mol. The maximum Gasteiger partial charge on any atom is 0.338 e. The molecule has 0 radical (unpaired) electrons. The molecule has 162 valence electrons. The summed E-state index contributed by atoms with van der Waals surface area (Å²) < 4.78 is 4.96. The van der Waals surface area contributed by atoms with Gasteiger partial charge in [-0.1, -0.05) is 23.2 Å². The minimum atomic E-state index is -0.416. The predicted molar refractivity (Wildman–Crippen MR) is 130 cm³/mol. The Morgan fingerprint density at radius 2 is 1.84 bits per heavy atom. The maximum atomic E-state index is 12.8. The molecule has 4 rings (SSSR count). The second-order valence-corrected chi connectivity index (χ2v) is 8.61. The van der Waals surface area contributed by atoms with E-state index >= 15 is 0 Å². The first-order valence-electron chi connectivity index (χ1n) is 9.60. The van der Waals surface area contributed by atoms with Crippen molar-refractivity contribution in [3.05, 3.63) is 75.1 Å². The minimum absolute atomic E-state index is 0.293. The lowest BCUT2D eigenvalue weighted by atomic mass is 10.1. The summed E-state index contributed by atoms with van der Waals surface area (Å²) in [6, 6.07) is 15.2. The Morgan fingerprint density at radius 1 is 1.09 bits per heavy atom. The molecule has 0 aliphatic rings. The minimum Gasteiger partial charge on any atom is -0.462 e. The second-order valence-electron chi connectivity index (χ2n) is 6.77. The highest BCUT2D eigenvalue weighted by atomic mass is 35.5. The lowest BCUT2D eigenvalue weighted by Gasteiger charge is -2.06. The number of halogens is 2.